The molecule has 0 unspecified atom stereocenters. The normalized spacial score (nSPS) is 23.9. The number of carbonyl (C=O) groups excluding carboxylic acids is 1. The van der Waals surface area contributed by atoms with Gasteiger partial charge in [0.15, 0.2) is 0 Å². The van der Waals surface area contributed by atoms with Crippen LogP contribution in [0.3, 0.4) is 0 Å². The van der Waals surface area contributed by atoms with E-state index in [9.17, 15) is 9.90 Å². The Hall–Kier alpha value is -0.940. The van der Waals surface area contributed by atoms with Gasteiger partial charge in [0.1, 0.15) is 0 Å². The average Bonchev–Trinajstić information content (AvgIpc) is 2.81. The number of aliphatic hydroxyl groups excluding tert-OH is 1. The molecule has 1 aromatic rings. The van der Waals surface area contributed by atoms with E-state index in [2.05, 4.69) is 18.8 Å². The predicted molar refractivity (Wildman–Crippen MR) is 76.3 cm³/mol. The summed E-state index contributed by atoms with van der Waals surface area (Å²) >= 11 is 1.63. The van der Waals surface area contributed by atoms with Crippen molar-refractivity contribution in [2.24, 2.45) is 5.92 Å². The van der Waals surface area contributed by atoms with Crippen LogP contribution in [0.15, 0.2) is 5.38 Å². The number of hydrogen-bond donors (Lipinski definition) is 1. The van der Waals surface area contributed by atoms with Gasteiger partial charge in [-0.15, -0.1) is 11.3 Å². The van der Waals surface area contributed by atoms with Crippen LogP contribution >= 0.6 is 11.3 Å². The molecule has 2 heterocycles. The number of likely N-dealkylation sites (tertiary alicyclic amines) is 1. The predicted octanol–water partition coefficient (Wildman–Crippen LogP) is 2.04. The van der Waals surface area contributed by atoms with Crippen molar-refractivity contribution in [3.05, 3.63) is 16.1 Å². The molecule has 19 heavy (non-hydrogen) atoms. The Labute approximate surface area is 118 Å². The third-order valence-electron chi connectivity index (χ3n) is 3.61. The Morgan fingerprint density at radius 1 is 1.63 bits per heavy atom. The molecule has 1 aliphatic heterocycles. The lowest BCUT2D eigenvalue weighted by atomic mass is 9.96. The highest BCUT2D eigenvalue weighted by atomic mass is 32.1. The van der Waals surface area contributed by atoms with Gasteiger partial charge in [-0.2, -0.15) is 0 Å². The summed E-state index contributed by atoms with van der Waals surface area (Å²) in [6, 6.07) is 0. The number of hydrogen-bond acceptors (Lipinski definition) is 4. The standard InChI is InChI=1S/C14H22N2O2S/c1-9(2)14-15-11(8-19-14)6-13(18)16-5-4-12(17)10(3)7-16/h8-10,12,17H,4-7H2,1-3H3/t10-,12+/m1/s1. The Bertz CT molecular complexity index is 444. The lowest BCUT2D eigenvalue weighted by Crippen LogP contribution is -2.45. The zero-order valence-electron chi connectivity index (χ0n) is 11.8. The van der Waals surface area contributed by atoms with E-state index in [-0.39, 0.29) is 17.9 Å². The van der Waals surface area contributed by atoms with Crippen molar-refractivity contribution in [3.8, 4) is 0 Å². The van der Waals surface area contributed by atoms with Crippen LogP contribution in [0.4, 0.5) is 0 Å². The molecule has 5 heteroatoms. The summed E-state index contributed by atoms with van der Waals surface area (Å²) in [5, 5.41) is 12.8. The molecular weight excluding hydrogens is 260 g/mol. The first kappa shape index (κ1) is 14.5. The van der Waals surface area contributed by atoms with Crippen LogP contribution in [-0.2, 0) is 11.2 Å². The third kappa shape index (κ3) is 3.54. The van der Waals surface area contributed by atoms with Crippen LogP contribution in [0.2, 0.25) is 0 Å². The van der Waals surface area contributed by atoms with E-state index in [0.717, 1.165) is 10.7 Å². The minimum atomic E-state index is -0.268. The molecule has 1 fully saturated rings. The number of carbonyl (C=O) groups is 1. The Morgan fingerprint density at radius 2 is 2.37 bits per heavy atom. The Kier molecular flexibility index (Phi) is 4.58. The maximum atomic E-state index is 12.2. The summed E-state index contributed by atoms with van der Waals surface area (Å²) in [6.07, 6.45) is 0.795. The van der Waals surface area contributed by atoms with Crippen molar-refractivity contribution in [2.45, 2.75) is 45.6 Å². The molecule has 106 valence electrons. The summed E-state index contributed by atoms with van der Waals surface area (Å²) in [5.41, 5.74) is 0.873. The van der Waals surface area contributed by atoms with E-state index in [1.807, 2.05) is 17.2 Å². The van der Waals surface area contributed by atoms with Crippen LogP contribution in [0.5, 0.6) is 0 Å². The first-order valence-electron chi connectivity index (χ1n) is 6.87. The number of thiazole rings is 1. The number of rotatable bonds is 3. The Morgan fingerprint density at radius 3 is 2.95 bits per heavy atom. The molecule has 0 aromatic carbocycles. The zero-order valence-corrected chi connectivity index (χ0v) is 12.6. The molecular formula is C14H22N2O2S. The molecule has 1 saturated heterocycles. The van der Waals surface area contributed by atoms with E-state index in [0.29, 0.717) is 31.8 Å². The summed E-state index contributed by atoms with van der Waals surface area (Å²) in [5.74, 6) is 0.706. The van der Waals surface area contributed by atoms with Crippen LogP contribution in [0.25, 0.3) is 0 Å². The number of amides is 1. The molecule has 2 atom stereocenters. The second kappa shape index (κ2) is 6.01. The Balaban J connectivity index is 1.93. The van der Waals surface area contributed by atoms with Gasteiger partial charge in [0.2, 0.25) is 5.91 Å². The van der Waals surface area contributed by atoms with Crippen molar-refractivity contribution in [1.29, 1.82) is 0 Å². The largest absolute Gasteiger partial charge is 0.393 e. The van der Waals surface area contributed by atoms with Crippen LogP contribution in [0, 0.1) is 5.92 Å². The monoisotopic (exact) mass is 282 g/mol. The van der Waals surface area contributed by atoms with Gasteiger partial charge >= 0.3 is 0 Å². The van der Waals surface area contributed by atoms with E-state index in [4.69, 9.17) is 0 Å². The molecule has 0 aliphatic carbocycles. The maximum absolute atomic E-state index is 12.2. The minimum Gasteiger partial charge on any atom is -0.393 e. The van der Waals surface area contributed by atoms with Crippen molar-refractivity contribution in [1.82, 2.24) is 9.88 Å². The fourth-order valence-electron chi connectivity index (χ4n) is 2.30. The van der Waals surface area contributed by atoms with Crippen molar-refractivity contribution < 1.29 is 9.90 Å². The number of aromatic nitrogens is 1. The van der Waals surface area contributed by atoms with Crippen LogP contribution in [-0.4, -0.2) is 40.1 Å². The molecule has 1 amide bonds. The third-order valence-corrected chi connectivity index (χ3v) is 4.80. The van der Waals surface area contributed by atoms with E-state index >= 15 is 0 Å². The summed E-state index contributed by atoms with van der Waals surface area (Å²) in [4.78, 5) is 18.6. The maximum Gasteiger partial charge on any atom is 0.228 e. The molecule has 0 radical (unpaired) electrons. The van der Waals surface area contributed by atoms with Crippen LogP contribution in [0.1, 0.15) is 43.8 Å². The number of piperidine rings is 1. The van der Waals surface area contributed by atoms with Gasteiger partial charge in [0.25, 0.3) is 0 Å². The highest BCUT2D eigenvalue weighted by molar-refractivity contribution is 7.09. The van der Waals surface area contributed by atoms with Crippen LogP contribution < -0.4 is 0 Å². The summed E-state index contributed by atoms with van der Waals surface area (Å²) in [6.45, 7) is 7.52. The van der Waals surface area contributed by atoms with Gasteiger partial charge in [0.05, 0.1) is 23.2 Å². The average molecular weight is 282 g/mol. The zero-order chi connectivity index (χ0) is 14.0. The fraction of sp³-hybridized carbons (Fsp3) is 0.714. The quantitative estimate of drug-likeness (QED) is 0.923. The second-order valence-corrected chi connectivity index (χ2v) is 6.57. The van der Waals surface area contributed by atoms with Gasteiger partial charge in [0, 0.05) is 24.4 Å². The second-order valence-electron chi connectivity index (χ2n) is 5.68. The molecule has 0 spiro atoms. The molecule has 1 N–H and O–H groups in total. The molecule has 1 aromatic heterocycles. The summed E-state index contributed by atoms with van der Waals surface area (Å²) < 4.78 is 0. The van der Waals surface area contributed by atoms with Gasteiger partial charge in [-0.1, -0.05) is 20.8 Å². The van der Waals surface area contributed by atoms with E-state index < -0.39 is 0 Å². The molecule has 1 aliphatic rings. The lowest BCUT2D eigenvalue weighted by Gasteiger charge is -2.34. The van der Waals surface area contributed by atoms with Crippen molar-refractivity contribution in [3.63, 3.8) is 0 Å². The number of aliphatic hydroxyl groups is 1. The van der Waals surface area contributed by atoms with Gasteiger partial charge < -0.3 is 10.0 Å². The van der Waals surface area contributed by atoms with E-state index in [1.54, 1.807) is 11.3 Å². The van der Waals surface area contributed by atoms with Crippen molar-refractivity contribution in [2.75, 3.05) is 13.1 Å². The first-order valence-corrected chi connectivity index (χ1v) is 7.75. The highest BCUT2D eigenvalue weighted by Gasteiger charge is 2.27. The van der Waals surface area contributed by atoms with Gasteiger partial charge in [-0.25, -0.2) is 4.98 Å². The molecule has 4 nitrogen and oxygen atoms in total. The van der Waals surface area contributed by atoms with Gasteiger partial charge in [-0.3, -0.25) is 4.79 Å². The number of nitrogens with zero attached hydrogens (tertiary/aromatic N) is 2. The molecule has 2 rings (SSSR count). The first-order chi connectivity index (χ1) is 8.97. The topological polar surface area (TPSA) is 53.4 Å². The highest BCUT2D eigenvalue weighted by Crippen LogP contribution is 2.21. The van der Waals surface area contributed by atoms with Gasteiger partial charge in [-0.05, 0) is 12.3 Å². The summed E-state index contributed by atoms with van der Waals surface area (Å²) in [7, 11) is 0. The lowest BCUT2D eigenvalue weighted by molar-refractivity contribution is -0.134. The smallest absolute Gasteiger partial charge is 0.228 e. The minimum absolute atomic E-state index is 0.124. The SMILES string of the molecule is CC(C)c1nc(CC(=O)N2CC[C@H](O)[C@H](C)C2)cs1. The van der Waals surface area contributed by atoms with E-state index in [1.165, 1.54) is 0 Å². The van der Waals surface area contributed by atoms with Crippen molar-refractivity contribution >= 4 is 17.2 Å². The molecule has 0 bridgehead atoms. The molecule has 0 saturated carbocycles. The fourth-order valence-corrected chi connectivity index (χ4v) is 3.13.